The highest BCUT2D eigenvalue weighted by Crippen LogP contribution is 2.41. The van der Waals surface area contributed by atoms with E-state index in [-0.39, 0.29) is 5.41 Å². The lowest BCUT2D eigenvalue weighted by atomic mass is 9.63. The predicted octanol–water partition coefficient (Wildman–Crippen LogP) is 3.39. The summed E-state index contributed by atoms with van der Waals surface area (Å²) in [4.78, 5) is 6.42. The molecular weight excluding hydrogens is 360 g/mol. The van der Waals surface area contributed by atoms with Crippen molar-refractivity contribution in [1.82, 2.24) is 0 Å². The van der Waals surface area contributed by atoms with Crippen LogP contribution in [0, 0.1) is 5.92 Å². The van der Waals surface area contributed by atoms with Crippen LogP contribution in [0.15, 0.2) is 53.5 Å². The second kappa shape index (κ2) is 9.45. The first-order chi connectivity index (χ1) is 14.0. The molecule has 2 aromatic rings. The van der Waals surface area contributed by atoms with Gasteiger partial charge in [0.05, 0.1) is 33.9 Å². The second-order valence-corrected chi connectivity index (χ2v) is 8.48. The summed E-state index contributed by atoms with van der Waals surface area (Å²) < 4.78 is 10.7. The fourth-order valence-electron chi connectivity index (χ4n) is 4.83. The summed E-state index contributed by atoms with van der Waals surface area (Å²) in [5.74, 6) is 2.10. The van der Waals surface area contributed by atoms with E-state index in [9.17, 15) is 0 Å². The van der Waals surface area contributed by atoms with E-state index in [2.05, 4.69) is 51.2 Å². The van der Waals surface area contributed by atoms with Crippen molar-refractivity contribution < 1.29 is 14.4 Å². The van der Waals surface area contributed by atoms with E-state index in [0.717, 1.165) is 30.0 Å². The van der Waals surface area contributed by atoms with Crippen molar-refractivity contribution in [2.75, 3.05) is 34.4 Å². The molecule has 1 aliphatic heterocycles. The molecule has 2 aromatic carbocycles. The molecule has 1 aliphatic rings. The molecule has 29 heavy (non-hydrogen) atoms. The quantitative estimate of drug-likeness (QED) is 0.730. The Morgan fingerprint density at radius 2 is 1.79 bits per heavy atom. The van der Waals surface area contributed by atoms with Crippen molar-refractivity contribution in [3.63, 3.8) is 0 Å². The van der Waals surface area contributed by atoms with Crippen LogP contribution in [0.25, 0.3) is 0 Å². The van der Waals surface area contributed by atoms with Crippen LogP contribution in [0.4, 0.5) is 0 Å². The van der Waals surface area contributed by atoms with Crippen LogP contribution in [0.1, 0.15) is 37.8 Å². The minimum Gasteiger partial charge on any atom is -0.493 e. The maximum atomic E-state index is 5.40. The Hall–Kier alpha value is -2.33. The number of nitrogens with zero attached hydrogens (tertiary/aromatic N) is 1. The first kappa shape index (κ1) is 21.4. The standard InChI is InChI=1S/C25H34N2O2/c1-19-18-27(3)20(2)16-25(19,22-9-7-6-8-10-22)13-14-26-17-21-11-12-23(28-4)24(15-21)29-5/h6-12,15,17,19-20H,13-14,16,18H2,1-5H3/p+1/t19-,20+,25+/m1/s1. The van der Waals surface area contributed by atoms with Gasteiger partial charge in [0.1, 0.15) is 0 Å². The zero-order chi connectivity index (χ0) is 20.9. The van der Waals surface area contributed by atoms with Gasteiger partial charge in [-0.3, -0.25) is 4.99 Å². The van der Waals surface area contributed by atoms with E-state index in [4.69, 9.17) is 14.5 Å². The zero-order valence-corrected chi connectivity index (χ0v) is 18.4. The molecule has 1 N–H and O–H groups in total. The lowest BCUT2D eigenvalue weighted by Gasteiger charge is -2.47. The summed E-state index contributed by atoms with van der Waals surface area (Å²) in [7, 11) is 5.64. The SMILES string of the molecule is COc1ccc(C=NCC[C@]2(c3ccccc3)C[C@H](C)[NH+](C)C[C@H]2C)cc1OC. The molecule has 0 radical (unpaired) electrons. The summed E-state index contributed by atoms with van der Waals surface area (Å²) in [5.41, 5.74) is 2.69. The van der Waals surface area contributed by atoms with Crippen molar-refractivity contribution in [2.24, 2.45) is 10.9 Å². The Labute approximate surface area is 175 Å². The van der Waals surface area contributed by atoms with Crippen LogP contribution in [-0.4, -0.2) is 46.6 Å². The van der Waals surface area contributed by atoms with Gasteiger partial charge in [-0.05, 0) is 42.7 Å². The van der Waals surface area contributed by atoms with E-state index in [1.54, 1.807) is 19.1 Å². The van der Waals surface area contributed by atoms with Crippen molar-refractivity contribution in [3.8, 4) is 11.5 Å². The number of hydrogen-bond acceptors (Lipinski definition) is 3. The van der Waals surface area contributed by atoms with Crippen LogP contribution in [0.2, 0.25) is 0 Å². The molecule has 0 saturated carbocycles. The molecule has 4 heteroatoms. The molecule has 156 valence electrons. The number of rotatable bonds is 7. The zero-order valence-electron chi connectivity index (χ0n) is 18.4. The maximum Gasteiger partial charge on any atom is 0.161 e. The normalized spacial score (nSPS) is 27.1. The number of likely N-dealkylation sites (tertiary alicyclic amines) is 1. The molecule has 4 atom stereocenters. The van der Waals surface area contributed by atoms with Gasteiger partial charge in [0, 0.05) is 30.5 Å². The fraction of sp³-hybridized carbons (Fsp3) is 0.480. The number of nitrogens with one attached hydrogen (secondary N) is 1. The minimum absolute atomic E-state index is 0.190. The number of ether oxygens (including phenoxy) is 2. The van der Waals surface area contributed by atoms with Gasteiger partial charge in [-0.1, -0.05) is 37.3 Å². The van der Waals surface area contributed by atoms with Crippen LogP contribution >= 0.6 is 0 Å². The van der Waals surface area contributed by atoms with Gasteiger partial charge >= 0.3 is 0 Å². The summed E-state index contributed by atoms with van der Waals surface area (Å²) in [6, 6.07) is 17.6. The molecule has 3 rings (SSSR count). The first-order valence-electron chi connectivity index (χ1n) is 10.6. The van der Waals surface area contributed by atoms with E-state index in [1.165, 1.54) is 18.5 Å². The van der Waals surface area contributed by atoms with Gasteiger partial charge in [0.2, 0.25) is 0 Å². The van der Waals surface area contributed by atoms with Crippen LogP contribution in [0.5, 0.6) is 11.5 Å². The Morgan fingerprint density at radius 1 is 1.07 bits per heavy atom. The molecule has 0 aliphatic carbocycles. The highest BCUT2D eigenvalue weighted by molar-refractivity contribution is 5.80. The lowest BCUT2D eigenvalue weighted by molar-refractivity contribution is -0.915. The molecule has 1 heterocycles. The summed E-state index contributed by atoms with van der Waals surface area (Å²) >= 11 is 0. The van der Waals surface area contributed by atoms with Crippen molar-refractivity contribution in [2.45, 2.75) is 38.1 Å². The molecule has 0 bridgehead atoms. The average molecular weight is 396 g/mol. The van der Waals surface area contributed by atoms with Crippen LogP contribution in [-0.2, 0) is 5.41 Å². The number of methoxy groups -OCH3 is 2. The summed E-state index contributed by atoms with van der Waals surface area (Å²) in [6.07, 6.45) is 4.23. The highest BCUT2D eigenvalue weighted by atomic mass is 16.5. The van der Waals surface area contributed by atoms with E-state index >= 15 is 0 Å². The van der Waals surface area contributed by atoms with Gasteiger partial charge in [-0.25, -0.2) is 0 Å². The third-order valence-electron chi connectivity index (χ3n) is 6.77. The van der Waals surface area contributed by atoms with Gasteiger partial charge in [-0.2, -0.15) is 0 Å². The van der Waals surface area contributed by atoms with Crippen molar-refractivity contribution in [1.29, 1.82) is 0 Å². The van der Waals surface area contributed by atoms with E-state index in [1.807, 2.05) is 24.4 Å². The average Bonchev–Trinajstić information content (AvgIpc) is 2.75. The number of piperidine rings is 1. The monoisotopic (exact) mass is 395 g/mol. The minimum atomic E-state index is 0.190. The van der Waals surface area contributed by atoms with Crippen molar-refractivity contribution >= 4 is 6.21 Å². The summed E-state index contributed by atoms with van der Waals surface area (Å²) in [5, 5.41) is 0. The van der Waals surface area contributed by atoms with Gasteiger partial charge in [-0.15, -0.1) is 0 Å². The van der Waals surface area contributed by atoms with Gasteiger partial charge in [0.15, 0.2) is 11.5 Å². The van der Waals surface area contributed by atoms with Crippen molar-refractivity contribution in [3.05, 3.63) is 59.7 Å². The molecule has 4 nitrogen and oxygen atoms in total. The fourth-order valence-corrected chi connectivity index (χ4v) is 4.83. The Morgan fingerprint density at radius 3 is 2.48 bits per heavy atom. The Kier molecular flexibility index (Phi) is 6.96. The predicted molar refractivity (Wildman–Crippen MR) is 120 cm³/mol. The summed E-state index contributed by atoms with van der Waals surface area (Å²) in [6.45, 7) is 6.82. The Balaban J connectivity index is 1.77. The molecule has 1 saturated heterocycles. The third-order valence-corrected chi connectivity index (χ3v) is 6.77. The van der Waals surface area contributed by atoms with Gasteiger partial charge in [0.25, 0.3) is 0 Å². The molecule has 1 unspecified atom stereocenters. The molecule has 1 fully saturated rings. The van der Waals surface area contributed by atoms with Gasteiger partial charge < -0.3 is 14.4 Å². The highest BCUT2D eigenvalue weighted by Gasteiger charge is 2.45. The maximum absolute atomic E-state index is 5.40. The number of hydrogen-bond donors (Lipinski definition) is 1. The van der Waals surface area contributed by atoms with Crippen LogP contribution in [0.3, 0.4) is 0 Å². The topological polar surface area (TPSA) is 35.3 Å². The largest absolute Gasteiger partial charge is 0.493 e. The van der Waals surface area contributed by atoms with E-state index < -0.39 is 0 Å². The number of quaternary nitrogens is 1. The number of benzene rings is 2. The molecule has 0 spiro atoms. The number of aliphatic imine (C=N–C) groups is 1. The third kappa shape index (κ3) is 4.64. The molecular formula is C25H35N2O2+. The molecule has 0 amide bonds. The van der Waals surface area contributed by atoms with Crippen LogP contribution < -0.4 is 14.4 Å². The molecule has 0 aromatic heterocycles. The van der Waals surface area contributed by atoms with E-state index in [0.29, 0.717) is 12.0 Å². The second-order valence-electron chi connectivity index (χ2n) is 8.48. The lowest BCUT2D eigenvalue weighted by Crippen LogP contribution is -3.15. The smallest absolute Gasteiger partial charge is 0.161 e. The first-order valence-corrected chi connectivity index (χ1v) is 10.6. The Bertz CT molecular complexity index is 821.